The van der Waals surface area contributed by atoms with Crippen LogP contribution >= 0.6 is 0 Å². The monoisotopic (exact) mass is 982 g/mol. The van der Waals surface area contributed by atoms with Crippen LogP contribution in [0.3, 0.4) is 0 Å². The van der Waals surface area contributed by atoms with Crippen molar-refractivity contribution in [3.63, 3.8) is 0 Å². The molecule has 1 amide bonds. The fraction of sp³-hybridized carbons (Fsp3) is 0.914. The first kappa shape index (κ1) is 65.6. The van der Waals surface area contributed by atoms with Gasteiger partial charge < -0.3 is 50.5 Å². The number of ether oxygens (including phenoxy) is 2. The summed E-state index contributed by atoms with van der Waals surface area (Å²) in [6.45, 7) is 3.38. The molecule has 9 unspecified atom stereocenters. The zero-order chi connectivity index (χ0) is 50.4. The number of aliphatic hydroxyl groups excluding tert-OH is 7. The molecule has 408 valence electrons. The van der Waals surface area contributed by atoms with E-state index in [1.54, 1.807) is 0 Å². The lowest BCUT2D eigenvalue weighted by atomic mass is 9.98. The predicted molar refractivity (Wildman–Crippen MR) is 284 cm³/mol. The minimum absolute atomic E-state index is 0.256. The largest absolute Gasteiger partial charge is 0.394 e. The van der Waals surface area contributed by atoms with E-state index in [2.05, 4.69) is 43.5 Å². The Morgan fingerprint density at radius 2 is 0.855 bits per heavy atom. The van der Waals surface area contributed by atoms with Gasteiger partial charge in [-0.3, -0.25) is 4.79 Å². The van der Waals surface area contributed by atoms with Gasteiger partial charge in [0.05, 0.1) is 25.4 Å². The van der Waals surface area contributed by atoms with Gasteiger partial charge in [-0.1, -0.05) is 231 Å². The van der Waals surface area contributed by atoms with E-state index < -0.39 is 74.2 Å². The average molecular weight is 983 g/mol. The molecule has 1 aliphatic rings. The van der Waals surface area contributed by atoms with Gasteiger partial charge >= 0.3 is 0 Å². The second kappa shape index (κ2) is 47.6. The van der Waals surface area contributed by atoms with Gasteiger partial charge in [0.2, 0.25) is 5.91 Å². The van der Waals surface area contributed by atoms with E-state index >= 15 is 0 Å². The highest BCUT2D eigenvalue weighted by atomic mass is 16.7. The summed E-state index contributed by atoms with van der Waals surface area (Å²) >= 11 is 0. The Bertz CT molecular complexity index is 1170. The Morgan fingerprint density at radius 1 is 0.493 bits per heavy atom. The third-order valence-corrected chi connectivity index (χ3v) is 14.2. The molecule has 0 aromatic rings. The van der Waals surface area contributed by atoms with Crippen molar-refractivity contribution in [3.8, 4) is 0 Å². The number of amides is 1. The molecule has 1 fully saturated rings. The molecule has 69 heavy (non-hydrogen) atoms. The van der Waals surface area contributed by atoms with Crippen molar-refractivity contribution in [2.75, 3.05) is 13.2 Å². The normalized spacial score (nSPS) is 20.5. The maximum absolute atomic E-state index is 13.1. The second-order valence-corrected chi connectivity index (χ2v) is 20.7. The number of aliphatic hydroxyl groups is 7. The number of hydrogen-bond donors (Lipinski definition) is 8. The van der Waals surface area contributed by atoms with Gasteiger partial charge in [-0.2, -0.15) is 0 Å². The Labute approximate surface area is 423 Å². The van der Waals surface area contributed by atoms with E-state index in [0.717, 1.165) is 44.9 Å². The van der Waals surface area contributed by atoms with Crippen molar-refractivity contribution < 1.29 is 50.0 Å². The first-order valence-electron chi connectivity index (χ1n) is 29.2. The number of hydrogen-bond acceptors (Lipinski definition) is 10. The van der Waals surface area contributed by atoms with Crippen molar-refractivity contribution >= 4 is 5.91 Å². The van der Waals surface area contributed by atoms with Crippen molar-refractivity contribution in [1.82, 2.24) is 5.32 Å². The minimum atomic E-state index is -1.66. The highest BCUT2D eigenvalue weighted by molar-refractivity contribution is 5.80. The van der Waals surface area contributed by atoms with Crippen LogP contribution in [0, 0.1) is 0 Å². The summed E-state index contributed by atoms with van der Waals surface area (Å²) in [6.07, 6.45) is 45.9. The molecule has 0 aromatic heterocycles. The Balaban J connectivity index is 2.11. The van der Waals surface area contributed by atoms with Crippen LogP contribution in [0.25, 0.3) is 0 Å². The molecule has 1 heterocycles. The highest BCUT2D eigenvalue weighted by Crippen LogP contribution is 2.23. The summed E-state index contributed by atoms with van der Waals surface area (Å²) in [6, 6.07) is -1.18. The minimum Gasteiger partial charge on any atom is -0.394 e. The number of unbranched alkanes of at least 4 members (excludes halogenated alkanes) is 34. The van der Waals surface area contributed by atoms with Crippen molar-refractivity contribution in [2.24, 2.45) is 0 Å². The van der Waals surface area contributed by atoms with Crippen molar-refractivity contribution in [3.05, 3.63) is 24.3 Å². The molecular formula is C58H111NO10. The molecule has 8 N–H and O–H groups in total. The quantitative estimate of drug-likeness (QED) is 0.0215. The van der Waals surface area contributed by atoms with Crippen LogP contribution in [-0.2, 0) is 14.3 Å². The van der Waals surface area contributed by atoms with Crippen LogP contribution in [-0.4, -0.2) is 110 Å². The summed E-state index contributed by atoms with van der Waals surface area (Å²) in [4.78, 5) is 13.1. The summed E-state index contributed by atoms with van der Waals surface area (Å²) in [5.41, 5.74) is 0. The second-order valence-electron chi connectivity index (χ2n) is 20.7. The van der Waals surface area contributed by atoms with Crippen LogP contribution in [0.2, 0.25) is 0 Å². The summed E-state index contributed by atoms with van der Waals surface area (Å²) in [5, 5.41) is 75.6. The lowest BCUT2D eigenvalue weighted by Crippen LogP contribution is -2.60. The van der Waals surface area contributed by atoms with Crippen LogP contribution in [0.1, 0.15) is 271 Å². The first-order valence-corrected chi connectivity index (χ1v) is 29.2. The Kier molecular flexibility index (Phi) is 45.2. The number of carbonyl (C=O) groups excluding carboxylic acids is 1. The molecule has 0 aromatic carbocycles. The standard InChI is InChI=1S/C58H111NO10/c1-3-5-7-9-11-13-14-15-16-17-18-19-20-21-22-23-24-25-26-27-28-29-30-31-32-33-34-35-36-37-38-40-42-44-46-51(62)57(67)59-49(48-68-58-56(66)55(65)54(64)52(47-60)69-58)53(63)50(61)45-43-41-39-12-10-8-6-4-2/h12,23-24,39,49-56,58,60-66H,3-11,13-22,25-38,40-48H2,1-2H3,(H,59,67)/b24-23-,39-12+. The maximum Gasteiger partial charge on any atom is 0.249 e. The zero-order valence-electron chi connectivity index (χ0n) is 44.6. The van der Waals surface area contributed by atoms with E-state index in [1.165, 1.54) is 186 Å². The molecule has 11 heteroatoms. The number of nitrogens with one attached hydrogen (secondary N) is 1. The number of allylic oxidation sites excluding steroid dienone is 4. The third-order valence-electron chi connectivity index (χ3n) is 14.2. The molecule has 0 saturated carbocycles. The average Bonchev–Trinajstić information content (AvgIpc) is 3.35. The molecule has 0 aliphatic carbocycles. The van der Waals surface area contributed by atoms with E-state index in [4.69, 9.17) is 9.47 Å². The molecule has 1 aliphatic heterocycles. The topological polar surface area (TPSA) is 189 Å². The summed E-state index contributed by atoms with van der Waals surface area (Å²) in [7, 11) is 0. The van der Waals surface area contributed by atoms with E-state index in [1.807, 2.05) is 0 Å². The zero-order valence-corrected chi connectivity index (χ0v) is 44.6. The third kappa shape index (κ3) is 36.2. The highest BCUT2D eigenvalue weighted by Gasteiger charge is 2.44. The molecule has 0 radical (unpaired) electrons. The lowest BCUT2D eigenvalue weighted by molar-refractivity contribution is -0.303. The summed E-state index contributed by atoms with van der Waals surface area (Å²) in [5.74, 6) is -0.706. The van der Waals surface area contributed by atoms with Crippen molar-refractivity contribution in [1.29, 1.82) is 0 Å². The fourth-order valence-corrected chi connectivity index (χ4v) is 9.44. The van der Waals surface area contributed by atoms with Crippen LogP contribution < -0.4 is 5.32 Å². The van der Waals surface area contributed by atoms with Gasteiger partial charge in [0.15, 0.2) is 6.29 Å². The molecule has 11 nitrogen and oxygen atoms in total. The maximum atomic E-state index is 13.1. The van der Waals surface area contributed by atoms with Crippen LogP contribution in [0.4, 0.5) is 0 Å². The molecule has 9 atom stereocenters. The smallest absolute Gasteiger partial charge is 0.249 e. The molecular weight excluding hydrogens is 871 g/mol. The van der Waals surface area contributed by atoms with E-state index in [0.29, 0.717) is 12.8 Å². The van der Waals surface area contributed by atoms with E-state index in [9.17, 15) is 40.5 Å². The lowest BCUT2D eigenvalue weighted by Gasteiger charge is -2.40. The van der Waals surface area contributed by atoms with Crippen LogP contribution in [0.5, 0.6) is 0 Å². The van der Waals surface area contributed by atoms with E-state index in [-0.39, 0.29) is 12.8 Å². The van der Waals surface area contributed by atoms with Crippen molar-refractivity contribution in [2.45, 2.75) is 326 Å². The van der Waals surface area contributed by atoms with Gasteiger partial charge in [0.25, 0.3) is 0 Å². The fourth-order valence-electron chi connectivity index (χ4n) is 9.44. The van der Waals surface area contributed by atoms with Gasteiger partial charge in [0, 0.05) is 0 Å². The first-order chi connectivity index (χ1) is 33.7. The van der Waals surface area contributed by atoms with Gasteiger partial charge in [-0.15, -0.1) is 0 Å². The van der Waals surface area contributed by atoms with Gasteiger partial charge in [0.1, 0.15) is 36.6 Å². The van der Waals surface area contributed by atoms with Gasteiger partial charge in [-0.25, -0.2) is 0 Å². The van der Waals surface area contributed by atoms with Gasteiger partial charge in [-0.05, 0) is 64.2 Å². The molecule has 0 bridgehead atoms. The SMILES string of the molecule is CCCCC/C=C/CCCC(O)C(O)C(COC1OC(CO)C(O)C(O)C1O)NC(=O)C(O)CCCCCCCCCCCCCCCCCC/C=C\CCCCCCCCCCCCCCCC. The molecule has 1 saturated heterocycles. The predicted octanol–water partition coefficient (Wildman–Crippen LogP) is 12.1. The molecule has 0 spiro atoms. The summed E-state index contributed by atoms with van der Waals surface area (Å²) < 4.78 is 11.1. The number of carbonyl (C=O) groups is 1. The Hall–Kier alpha value is -1.41. The Morgan fingerprint density at radius 3 is 1.28 bits per heavy atom. The van der Waals surface area contributed by atoms with Crippen LogP contribution in [0.15, 0.2) is 24.3 Å². The number of rotatable bonds is 50. The molecule has 1 rings (SSSR count).